The number of hydrogen-bond acceptors (Lipinski definition) is 5. The fraction of sp³-hybridized carbons (Fsp3) is 0.786. The molecule has 9 heteroatoms. The number of fused-ring (bicyclic) bond motifs is 4. The highest BCUT2D eigenvalue weighted by Crippen LogP contribution is 2.36. The number of carbonyl (C=O) groups is 3. The SMILES string of the molecule is Cc1c(NC(=O)CN2C[C@@H]3C[C@@H](C2)[C@@H]2CCCC(=O)N[C@H](C(C)C)CC[C@@H](C)CC(=O)N2C3)cnn1C. The van der Waals surface area contributed by atoms with Crippen LogP contribution in [0.15, 0.2) is 6.20 Å². The summed E-state index contributed by atoms with van der Waals surface area (Å²) in [5.41, 5.74) is 1.68. The predicted octanol–water partition coefficient (Wildman–Crippen LogP) is 2.95. The second-order valence-electron chi connectivity index (χ2n) is 12.2. The summed E-state index contributed by atoms with van der Waals surface area (Å²) in [4.78, 5) is 43.5. The molecule has 9 nitrogen and oxygen atoms in total. The summed E-state index contributed by atoms with van der Waals surface area (Å²) < 4.78 is 1.75. The molecular formula is C28H46N6O3. The molecule has 3 amide bonds. The van der Waals surface area contributed by atoms with Gasteiger partial charge in [0.1, 0.15) is 0 Å². The lowest BCUT2D eigenvalue weighted by molar-refractivity contribution is -0.142. The molecule has 0 aliphatic carbocycles. The Hall–Kier alpha value is -2.42. The Morgan fingerprint density at radius 2 is 1.97 bits per heavy atom. The topological polar surface area (TPSA) is 99.6 Å². The highest BCUT2D eigenvalue weighted by molar-refractivity contribution is 5.92. The van der Waals surface area contributed by atoms with Crippen LogP contribution in [0, 0.1) is 30.6 Å². The third kappa shape index (κ3) is 6.92. The van der Waals surface area contributed by atoms with Crippen molar-refractivity contribution in [2.45, 2.75) is 84.7 Å². The molecule has 5 atom stereocenters. The van der Waals surface area contributed by atoms with Gasteiger partial charge in [-0.25, -0.2) is 0 Å². The molecular weight excluding hydrogens is 468 g/mol. The number of aryl methyl sites for hydroxylation is 1. The van der Waals surface area contributed by atoms with Crippen LogP contribution in [0.3, 0.4) is 0 Å². The van der Waals surface area contributed by atoms with E-state index in [1.807, 2.05) is 14.0 Å². The Morgan fingerprint density at radius 1 is 1.19 bits per heavy atom. The van der Waals surface area contributed by atoms with E-state index < -0.39 is 0 Å². The van der Waals surface area contributed by atoms with E-state index in [0.29, 0.717) is 43.1 Å². The molecule has 206 valence electrons. The van der Waals surface area contributed by atoms with E-state index in [1.54, 1.807) is 10.9 Å². The van der Waals surface area contributed by atoms with Crippen molar-refractivity contribution in [1.29, 1.82) is 0 Å². The second kappa shape index (κ2) is 12.0. The number of carbonyl (C=O) groups excluding carboxylic acids is 3. The first-order valence-corrected chi connectivity index (χ1v) is 14.2. The van der Waals surface area contributed by atoms with E-state index in [0.717, 1.165) is 63.1 Å². The standard InChI is InChI=1S/C28H46N6O3/c1-18(2)23-10-9-19(3)11-28(37)34-15-21-12-22(25(34)7-6-8-26(35)30-23)16-33(14-21)17-27(36)31-24-13-29-32(5)20(24)4/h13,18-19,21-23,25H,6-12,14-17H2,1-5H3,(H,30,35)(H,31,36)/t19-,21+,22+,23+,25+/m1/s1. The average molecular weight is 515 g/mol. The molecule has 1 aromatic heterocycles. The number of amides is 3. The monoisotopic (exact) mass is 514 g/mol. The largest absolute Gasteiger partial charge is 0.353 e. The van der Waals surface area contributed by atoms with Gasteiger partial charge < -0.3 is 15.5 Å². The molecule has 3 aliphatic heterocycles. The van der Waals surface area contributed by atoms with Gasteiger partial charge in [-0.3, -0.25) is 24.0 Å². The molecule has 1 aromatic rings. The Balaban J connectivity index is 1.42. The van der Waals surface area contributed by atoms with Crippen molar-refractivity contribution in [3.8, 4) is 0 Å². The van der Waals surface area contributed by atoms with Crippen molar-refractivity contribution < 1.29 is 14.4 Å². The van der Waals surface area contributed by atoms with Crippen molar-refractivity contribution in [1.82, 2.24) is 24.9 Å². The Bertz CT molecular complexity index is 975. The average Bonchev–Trinajstić information content (AvgIpc) is 3.14. The summed E-state index contributed by atoms with van der Waals surface area (Å²) >= 11 is 0. The molecule has 3 aliphatic rings. The maximum absolute atomic E-state index is 13.5. The van der Waals surface area contributed by atoms with E-state index in [1.165, 1.54) is 0 Å². The van der Waals surface area contributed by atoms with Crippen LogP contribution in [-0.4, -0.2) is 75.6 Å². The number of piperidine rings is 2. The summed E-state index contributed by atoms with van der Waals surface area (Å²) in [5.74, 6) is 1.76. The fourth-order valence-corrected chi connectivity index (χ4v) is 6.55. The van der Waals surface area contributed by atoms with Crippen LogP contribution in [-0.2, 0) is 21.4 Å². The fourth-order valence-electron chi connectivity index (χ4n) is 6.55. The van der Waals surface area contributed by atoms with Gasteiger partial charge in [-0.1, -0.05) is 20.8 Å². The van der Waals surface area contributed by atoms with E-state index in [9.17, 15) is 14.4 Å². The first kappa shape index (κ1) is 27.6. The van der Waals surface area contributed by atoms with Gasteiger partial charge in [0, 0.05) is 51.6 Å². The first-order chi connectivity index (χ1) is 17.6. The van der Waals surface area contributed by atoms with E-state index in [4.69, 9.17) is 0 Å². The van der Waals surface area contributed by atoms with Crippen LogP contribution in [0.5, 0.6) is 0 Å². The van der Waals surface area contributed by atoms with Crippen LogP contribution in [0.4, 0.5) is 5.69 Å². The normalized spacial score (nSPS) is 30.1. The predicted molar refractivity (Wildman–Crippen MR) is 144 cm³/mol. The van der Waals surface area contributed by atoms with Crippen LogP contribution < -0.4 is 10.6 Å². The number of rotatable bonds is 4. The van der Waals surface area contributed by atoms with Gasteiger partial charge >= 0.3 is 0 Å². The van der Waals surface area contributed by atoms with Gasteiger partial charge in [0.05, 0.1) is 24.1 Å². The molecule has 2 bridgehead atoms. The Morgan fingerprint density at radius 3 is 2.68 bits per heavy atom. The highest BCUT2D eigenvalue weighted by atomic mass is 16.2. The lowest BCUT2D eigenvalue weighted by Gasteiger charge is -2.51. The lowest BCUT2D eigenvalue weighted by Crippen LogP contribution is -2.60. The number of nitrogens with one attached hydrogen (secondary N) is 2. The van der Waals surface area contributed by atoms with Gasteiger partial charge in [0.2, 0.25) is 17.7 Å². The van der Waals surface area contributed by atoms with Crippen molar-refractivity contribution in [2.75, 3.05) is 31.5 Å². The van der Waals surface area contributed by atoms with Gasteiger partial charge in [-0.2, -0.15) is 5.10 Å². The Labute approximate surface area is 221 Å². The van der Waals surface area contributed by atoms with E-state index >= 15 is 0 Å². The van der Waals surface area contributed by atoms with Crippen molar-refractivity contribution in [3.05, 3.63) is 11.9 Å². The number of hydrogen-bond donors (Lipinski definition) is 2. The smallest absolute Gasteiger partial charge is 0.238 e. The Kier molecular flexibility index (Phi) is 8.93. The highest BCUT2D eigenvalue weighted by Gasteiger charge is 2.43. The maximum atomic E-state index is 13.5. The zero-order valence-electron chi connectivity index (χ0n) is 23.3. The van der Waals surface area contributed by atoms with Gasteiger partial charge in [0.25, 0.3) is 0 Å². The molecule has 0 radical (unpaired) electrons. The van der Waals surface area contributed by atoms with Gasteiger partial charge in [-0.05, 0) is 62.7 Å². The molecule has 37 heavy (non-hydrogen) atoms. The van der Waals surface area contributed by atoms with Crippen LogP contribution in [0.25, 0.3) is 0 Å². The number of anilines is 1. The zero-order chi connectivity index (χ0) is 26.7. The minimum atomic E-state index is -0.0239. The van der Waals surface area contributed by atoms with E-state index in [2.05, 4.69) is 46.3 Å². The second-order valence-corrected chi connectivity index (χ2v) is 12.2. The first-order valence-electron chi connectivity index (χ1n) is 14.2. The quantitative estimate of drug-likeness (QED) is 0.644. The van der Waals surface area contributed by atoms with Crippen molar-refractivity contribution >= 4 is 23.4 Å². The van der Waals surface area contributed by atoms with Crippen molar-refractivity contribution in [3.63, 3.8) is 0 Å². The molecule has 3 fully saturated rings. The van der Waals surface area contributed by atoms with Crippen LogP contribution in [0.2, 0.25) is 0 Å². The molecule has 0 unspecified atom stereocenters. The van der Waals surface area contributed by atoms with Gasteiger partial charge in [-0.15, -0.1) is 0 Å². The minimum absolute atomic E-state index is 0.0239. The summed E-state index contributed by atoms with van der Waals surface area (Å²) in [7, 11) is 1.86. The molecule has 4 heterocycles. The molecule has 0 aromatic carbocycles. The molecule has 4 rings (SSSR count). The molecule has 0 saturated carbocycles. The van der Waals surface area contributed by atoms with E-state index in [-0.39, 0.29) is 29.8 Å². The summed E-state index contributed by atoms with van der Waals surface area (Å²) in [6, 6.07) is 0.305. The number of likely N-dealkylation sites (tertiary alicyclic amines) is 1. The summed E-state index contributed by atoms with van der Waals surface area (Å²) in [6.45, 7) is 11.2. The lowest BCUT2D eigenvalue weighted by atomic mass is 9.77. The summed E-state index contributed by atoms with van der Waals surface area (Å²) in [5, 5.41) is 10.5. The minimum Gasteiger partial charge on any atom is -0.353 e. The van der Waals surface area contributed by atoms with Crippen LogP contribution >= 0.6 is 0 Å². The third-order valence-corrected chi connectivity index (χ3v) is 8.79. The summed E-state index contributed by atoms with van der Waals surface area (Å²) in [6.07, 6.45) is 7.34. The zero-order valence-corrected chi connectivity index (χ0v) is 23.3. The molecule has 3 saturated heterocycles. The maximum Gasteiger partial charge on any atom is 0.238 e. The third-order valence-electron chi connectivity index (χ3n) is 8.79. The van der Waals surface area contributed by atoms with Crippen molar-refractivity contribution in [2.24, 2.45) is 30.7 Å². The van der Waals surface area contributed by atoms with Gasteiger partial charge in [0.15, 0.2) is 0 Å². The number of aromatic nitrogens is 2. The molecule has 0 spiro atoms. The number of nitrogens with zero attached hydrogens (tertiary/aromatic N) is 4. The molecule has 2 N–H and O–H groups in total. The van der Waals surface area contributed by atoms with Crippen LogP contribution in [0.1, 0.15) is 71.4 Å².